The molecular formula is C25H29N3O4. The smallest absolute Gasteiger partial charge is 0.362 e. The van der Waals surface area contributed by atoms with Crippen LogP contribution in [0.3, 0.4) is 0 Å². The van der Waals surface area contributed by atoms with Crippen molar-refractivity contribution < 1.29 is 13.9 Å². The van der Waals surface area contributed by atoms with Crippen LogP contribution < -0.4 is 15.4 Å². The number of esters is 1. The monoisotopic (exact) mass is 435 g/mol. The van der Waals surface area contributed by atoms with Crippen LogP contribution in [0.15, 0.2) is 57.8 Å². The Morgan fingerprint density at radius 1 is 1.09 bits per heavy atom. The van der Waals surface area contributed by atoms with E-state index in [0.29, 0.717) is 37.1 Å². The molecule has 168 valence electrons. The van der Waals surface area contributed by atoms with Crippen LogP contribution in [0.1, 0.15) is 24.6 Å². The molecule has 2 aromatic carbocycles. The van der Waals surface area contributed by atoms with Gasteiger partial charge in [-0.2, -0.15) is 0 Å². The summed E-state index contributed by atoms with van der Waals surface area (Å²) in [5, 5.41) is 0. The quantitative estimate of drug-likeness (QED) is 0.472. The number of benzene rings is 2. The van der Waals surface area contributed by atoms with Gasteiger partial charge in [0.15, 0.2) is 5.58 Å². The van der Waals surface area contributed by atoms with Crippen molar-refractivity contribution in [1.82, 2.24) is 4.98 Å². The summed E-state index contributed by atoms with van der Waals surface area (Å²) < 4.78 is 10.6. The molecule has 0 N–H and O–H groups in total. The molecule has 0 radical (unpaired) electrons. The lowest BCUT2D eigenvalue weighted by atomic mass is 10.1. The van der Waals surface area contributed by atoms with Crippen LogP contribution in [0, 0.1) is 0 Å². The Bertz CT molecular complexity index is 1150. The number of aromatic nitrogens is 1. The Labute approximate surface area is 187 Å². The number of carbonyl (C=O) groups is 1. The Hall–Kier alpha value is -3.61. The summed E-state index contributed by atoms with van der Waals surface area (Å²) in [6.07, 6.45) is 4.66. The minimum absolute atomic E-state index is 0.186. The Morgan fingerprint density at radius 3 is 2.50 bits per heavy atom. The van der Waals surface area contributed by atoms with Crippen molar-refractivity contribution in [3.05, 3.63) is 70.2 Å². The van der Waals surface area contributed by atoms with Gasteiger partial charge in [0.1, 0.15) is 17.8 Å². The van der Waals surface area contributed by atoms with Crippen molar-refractivity contribution in [3.63, 3.8) is 0 Å². The number of hydrogen-bond donors (Lipinski definition) is 0. The minimum atomic E-state index is -0.453. The number of nitrogens with zero attached hydrogens (tertiary/aromatic N) is 3. The average molecular weight is 436 g/mol. The second-order valence-corrected chi connectivity index (χ2v) is 7.70. The van der Waals surface area contributed by atoms with E-state index < -0.39 is 5.63 Å². The van der Waals surface area contributed by atoms with Crippen LogP contribution >= 0.6 is 0 Å². The molecule has 0 bridgehead atoms. The summed E-state index contributed by atoms with van der Waals surface area (Å²) in [5.74, 6) is -0.186. The molecule has 0 atom stereocenters. The van der Waals surface area contributed by atoms with Gasteiger partial charge in [0.05, 0.1) is 6.54 Å². The van der Waals surface area contributed by atoms with Crippen LogP contribution in [-0.4, -0.2) is 45.2 Å². The maximum absolute atomic E-state index is 12.3. The third-order valence-corrected chi connectivity index (χ3v) is 5.10. The lowest BCUT2D eigenvalue weighted by molar-refractivity contribution is -0.142. The summed E-state index contributed by atoms with van der Waals surface area (Å²) in [5.41, 5.74) is 4.05. The molecule has 0 saturated carbocycles. The molecule has 0 aliphatic carbocycles. The molecule has 0 fully saturated rings. The summed E-state index contributed by atoms with van der Waals surface area (Å²) in [7, 11) is 5.82. The molecule has 0 spiro atoms. The van der Waals surface area contributed by atoms with E-state index in [-0.39, 0.29) is 11.7 Å². The number of fused-ring (bicyclic) bond motifs is 1. The van der Waals surface area contributed by atoms with E-state index in [9.17, 15) is 9.59 Å². The third kappa shape index (κ3) is 5.97. The van der Waals surface area contributed by atoms with E-state index in [0.717, 1.165) is 16.9 Å². The van der Waals surface area contributed by atoms with Crippen molar-refractivity contribution in [2.45, 2.75) is 19.8 Å². The highest BCUT2D eigenvalue weighted by Gasteiger charge is 2.07. The van der Waals surface area contributed by atoms with Crippen molar-refractivity contribution >= 4 is 34.5 Å². The van der Waals surface area contributed by atoms with Crippen LogP contribution in [0.2, 0.25) is 0 Å². The lowest BCUT2D eigenvalue weighted by Gasteiger charge is -2.19. The molecule has 0 unspecified atom stereocenters. The molecule has 0 saturated heterocycles. The maximum atomic E-state index is 12.3. The summed E-state index contributed by atoms with van der Waals surface area (Å²) in [6, 6.07) is 13.7. The second-order valence-electron chi connectivity index (χ2n) is 7.70. The van der Waals surface area contributed by atoms with Crippen molar-refractivity contribution in [3.8, 4) is 0 Å². The Morgan fingerprint density at radius 2 is 1.81 bits per heavy atom. The van der Waals surface area contributed by atoms with E-state index in [1.807, 2.05) is 79.5 Å². The SMILES string of the molecule is CCC(=O)OCCN(C)c1ccc(C/C=C/c2nc3ccc(N(C)C)cc3oc2=O)cc1. The van der Waals surface area contributed by atoms with E-state index in [1.165, 1.54) is 0 Å². The van der Waals surface area contributed by atoms with Crippen LogP contribution in [0.4, 0.5) is 11.4 Å². The fraction of sp³-hybridized carbons (Fsp3) is 0.320. The molecule has 7 heteroatoms. The molecule has 0 aliphatic rings. The first-order chi connectivity index (χ1) is 15.4. The number of ether oxygens (including phenoxy) is 1. The normalized spacial score (nSPS) is 11.1. The fourth-order valence-corrected chi connectivity index (χ4v) is 3.11. The molecule has 3 aromatic rings. The van der Waals surface area contributed by atoms with E-state index >= 15 is 0 Å². The lowest BCUT2D eigenvalue weighted by Crippen LogP contribution is -2.23. The topological polar surface area (TPSA) is 75.9 Å². The molecule has 0 aliphatic heterocycles. The van der Waals surface area contributed by atoms with Crippen molar-refractivity contribution in [1.29, 1.82) is 0 Å². The van der Waals surface area contributed by atoms with Gasteiger partial charge < -0.3 is 19.0 Å². The number of likely N-dealkylation sites (N-methyl/N-ethyl adjacent to an activating group) is 1. The van der Waals surface area contributed by atoms with Gasteiger partial charge in [-0.25, -0.2) is 9.78 Å². The molecule has 7 nitrogen and oxygen atoms in total. The maximum Gasteiger partial charge on any atom is 0.362 e. The number of anilines is 2. The first-order valence-electron chi connectivity index (χ1n) is 10.6. The molecule has 32 heavy (non-hydrogen) atoms. The van der Waals surface area contributed by atoms with Crippen molar-refractivity contribution in [2.24, 2.45) is 0 Å². The van der Waals surface area contributed by atoms with E-state index in [1.54, 1.807) is 13.0 Å². The Balaban J connectivity index is 1.61. The highest BCUT2D eigenvalue weighted by Crippen LogP contribution is 2.19. The highest BCUT2D eigenvalue weighted by atomic mass is 16.5. The summed E-state index contributed by atoms with van der Waals surface area (Å²) >= 11 is 0. The summed E-state index contributed by atoms with van der Waals surface area (Å²) in [6.45, 7) is 2.78. The zero-order valence-corrected chi connectivity index (χ0v) is 19.0. The standard InChI is InChI=1S/C25H29N3O4/c1-5-24(29)31-16-15-28(4)19-11-9-18(10-12-19)7-6-8-22-25(30)32-23-17-20(27(2)3)13-14-21(23)26-22/h6,8-14,17H,5,7,15-16H2,1-4H3/b8-6+. The molecule has 0 amide bonds. The molecule has 3 rings (SSSR count). The predicted octanol–water partition coefficient (Wildman–Crippen LogP) is 3.90. The number of carbonyl (C=O) groups excluding carboxylic acids is 1. The predicted molar refractivity (Wildman–Crippen MR) is 128 cm³/mol. The summed E-state index contributed by atoms with van der Waals surface area (Å²) in [4.78, 5) is 31.9. The molecular weight excluding hydrogens is 406 g/mol. The number of hydrogen-bond acceptors (Lipinski definition) is 7. The van der Waals surface area contributed by atoms with Gasteiger partial charge in [0.25, 0.3) is 0 Å². The van der Waals surface area contributed by atoms with Gasteiger partial charge in [0, 0.05) is 45.0 Å². The number of allylic oxidation sites excluding steroid dienone is 1. The average Bonchev–Trinajstić information content (AvgIpc) is 2.79. The Kier molecular flexibility index (Phi) is 7.65. The van der Waals surface area contributed by atoms with Crippen molar-refractivity contribution in [2.75, 3.05) is 44.1 Å². The van der Waals surface area contributed by atoms with Gasteiger partial charge in [-0.1, -0.05) is 25.1 Å². The van der Waals surface area contributed by atoms with Crippen LogP contribution in [0.25, 0.3) is 17.2 Å². The van der Waals surface area contributed by atoms with Gasteiger partial charge in [-0.3, -0.25) is 4.79 Å². The van der Waals surface area contributed by atoms with Gasteiger partial charge in [-0.05, 0) is 42.3 Å². The van der Waals surface area contributed by atoms with Gasteiger partial charge in [-0.15, -0.1) is 0 Å². The largest absolute Gasteiger partial charge is 0.464 e. The third-order valence-electron chi connectivity index (χ3n) is 5.10. The first kappa shape index (κ1) is 23.1. The first-order valence-corrected chi connectivity index (χ1v) is 10.6. The zero-order valence-electron chi connectivity index (χ0n) is 19.0. The minimum Gasteiger partial charge on any atom is -0.464 e. The van der Waals surface area contributed by atoms with E-state index in [4.69, 9.17) is 9.15 Å². The fourth-order valence-electron chi connectivity index (χ4n) is 3.11. The van der Waals surface area contributed by atoms with E-state index in [2.05, 4.69) is 4.98 Å². The highest BCUT2D eigenvalue weighted by molar-refractivity contribution is 5.77. The van der Waals surface area contributed by atoms with Crippen LogP contribution in [-0.2, 0) is 16.0 Å². The molecule has 1 heterocycles. The van der Waals surface area contributed by atoms with Gasteiger partial charge in [0.2, 0.25) is 0 Å². The molecule has 1 aromatic heterocycles. The van der Waals surface area contributed by atoms with Gasteiger partial charge >= 0.3 is 11.6 Å². The second kappa shape index (κ2) is 10.6. The van der Waals surface area contributed by atoms with Crippen LogP contribution in [0.5, 0.6) is 0 Å². The zero-order chi connectivity index (χ0) is 23.1. The number of rotatable bonds is 9.